The Kier molecular flexibility index (Phi) is 6.73. The number of amides is 1. The third kappa shape index (κ3) is 5.88. The molecule has 0 saturated carbocycles. The van der Waals surface area contributed by atoms with Crippen molar-refractivity contribution in [2.75, 3.05) is 19.8 Å². The number of rotatable bonds is 6. The standard InChI is InChI=1S/C11H11Br2F2NO2/c12-8-3-7(4-9(13)5-8)11(17)16-1-2-18-6-10(14)15/h3-5,10H,1-2,6H2,(H,16,17). The lowest BCUT2D eigenvalue weighted by molar-refractivity contribution is 0.0188. The molecule has 7 heteroatoms. The van der Waals surface area contributed by atoms with Crippen molar-refractivity contribution in [3.05, 3.63) is 32.7 Å². The number of carbonyl (C=O) groups is 1. The summed E-state index contributed by atoms with van der Waals surface area (Å²) in [6.07, 6.45) is -2.48. The van der Waals surface area contributed by atoms with Crippen LogP contribution in [0.25, 0.3) is 0 Å². The van der Waals surface area contributed by atoms with E-state index in [0.717, 1.165) is 8.95 Å². The van der Waals surface area contributed by atoms with Gasteiger partial charge < -0.3 is 10.1 Å². The molecule has 0 bridgehead atoms. The highest BCUT2D eigenvalue weighted by Gasteiger charge is 2.07. The summed E-state index contributed by atoms with van der Waals surface area (Å²) in [6.45, 7) is -0.362. The summed E-state index contributed by atoms with van der Waals surface area (Å²) in [5.74, 6) is -0.280. The number of ether oxygens (including phenoxy) is 1. The lowest BCUT2D eigenvalue weighted by Crippen LogP contribution is -2.27. The minimum Gasteiger partial charge on any atom is -0.374 e. The zero-order valence-electron chi connectivity index (χ0n) is 9.26. The van der Waals surface area contributed by atoms with E-state index in [4.69, 9.17) is 0 Å². The summed E-state index contributed by atoms with van der Waals surface area (Å²) in [5.41, 5.74) is 0.477. The van der Waals surface area contributed by atoms with Crippen LogP contribution in [0.15, 0.2) is 27.1 Å². The number of benzene rings is 1. The molecule has 0 saturated heterocycles. The van der Waals surface area contributed by atoms with Crippen LogP contribution in [0, 0.1) is 0 Å². The van der Waals surface area contributed by atoms with Crippen molar-refractivity contribution in [1.29, 1.82) is 0 Å². The van der Waals surface area contributed by atoms with Crippen LogP contribution in [0.1, 0.15) is 10.4 Å². The lowest BCUT2D eigenvalue weighted by Gasteiger charge is -2.07. The zero-order chi connectivity index (χ0) is 13.5. The van der Waals surface area contributed by atoms with Gasteiger partial charge in [-0.2, -0.15) is 0 Å². The summed E-state index contributed by atoms with van der Waals surface area (Å²) in [6, 6.07) is 5.14. The third-order valence-corrected chi connectivity index (χ3v) is 2.82. The second-order valence-corrected chi connectivity index (χ2v) is 5.21. The van der Waals surface area contributed by atoms with Crippen LogP contribution in [0.2, 0.25) is 0 Å². The smallest absolute Gasteiger partial charge is 0.261 e. The van der Waals surface area contributed by atoms with E-state index in [1.807, 2.05) is 6.07 Å². The Labute approximate surface area is 120 Å². The Morgan fingerprint density at radius 2 is 1.89 bits per heavy atom. The maximum atomic E-state index is 11.8. The SMILES string of the molecule is O=C(NCCOCC(F)F)c1cc(Br)cc(Br)c1. The Bertz CT molecular complexity index is 396. The predicted octanol–water partition coefficient (Wildman–Crippen LogP) is 3.22. The predicted molar refractivity (Wildman–Crippen MR) is 71.0 cm³/mol. The summed E-state index contributed by atoms with van der Waals surface area (Å²) < 4.78 is 29.7. The quantitative estimate of drug-likeness (QED) is 0.762. The Hall–Kier alpha value is -0.530. The fourth-order valence-corrected chi connectivity index (χ4v) is 2.49. The first-order chi connectivity index (χ1) is 8.49. The highest BCUT2D eigenvalue weighted by Crippen LogP contribution is 2.19. The summed E-state index contributed by atoms with van der Waals surface area (Å²) >= 11 is 6.54. The maximum Gasteiger partial charge on any atom is 0.261 e. The van der Waals surface area contributed by atoms with Crippen molar-refractivity contribution >= 4 is 37.8 Å². The van der Waals surface area contributed by atoms with Gasteiger partial charge in [-0.05, 0) is 18.2 Å². The van der Waals surface area contributed by atoms with Crippen LogP contribution < -0.4 is 5.32 Å². The van der Waals surface area contributed by atoms with Gasteiger partial charge in [-0.1, -0.05) is 31.9 Å². The number of hydrogen-bond donors (Lipinski definition) is 1. The molecule has 1 N–H and O–H groups in total. The fraction of sp³-hybridized carbons (Fsp3) is 0.364. The zero-order valence-corrected chi connectivity index (χ0v) is 12.4. The van der Waals surface area contributed by atoms with E-state index in [0.29, 0.717) is 5.56 Å². The number of alkyl halides is 2. The van der Waals surface area contributed by atoms with Gasteiger partial charge in [0.25, 0.3) is 12.3 Å². The molecule has 0 radical (unpaired) electrons. The van der Waals surface area contributed by atoms with Gasteiger partial charge in [0.1, 0.15) is 6.61 Å². The van der Waals surface area contributed by atoms with Crippen LogP contribution in [-0.4, -0.2) is 32.1 Å². The molecule has 1 rings (SSSR count). The molecule has 0 heterocycles. The molecule has 1 aromatic carbocycles. The van der Waals surface area contributed by atoms with Gasteiger partial charge in [0, 0.05) is 21.1 Å². The van der Waals surface area contributed by atoms with Crippen molar-refractivity contribution in [2.24, 2.45) is 0 Å². The molecule has 0 aliphatic heterocycles. The van der Waals surface area contributed by atoms with Crippen molar-refractivity contribution in [1.82, 2.24) is 5.32 Å². The van der Waals surface area contributed by atoms with E-state index in [2.05, 4.69) is 41.9 Å². The molecule has 0 atom stereocenters. The largest absolute Gasteiger partial charge is 0.374 e. The number of halogens is 4. The topological polar surface area (TPSA) is 38.3 Å². The van der Waals surface area contributed by atoms with Gasteiger partial charge >= 0.3 is 0 Å². The van der Waals surface area contributed by atoms with E-state index in [1.165, 1.54) is 0 Å². The van der Waals surface area contributed by atoms with Crippen LogP contribution in [0.3, 0.4) is 0 Å². The third-order valence-electron chi connectivity index (χ3n) is 1.90. The first-order valence-electron chi connectivity index (χ1n) is 5.09. The minimum absolute atomic E-state index is 0.0608. The summed E-state index contributed by atoms with van der Waals surface area (Å²) in [7, 11) is 0. The highest BCUT2D eigenvalue weighted by atomic mass is 79.9. The normalized spacial score (nSPS) is 10.7. The number of hydrogen-bond acceptors (Lipinski definition) is 2. The van der Waals surface area contributed by atoms with Crippen LogP contribution in [0.5, 0.6) is 0 Å². The van der Waals surface area contributed by atoms with E-state index in [1.54, 1.807) is 12.1 Å². The van der Waals surface area contributed by atoms with Gasteiger partial charge in [-0.25, -0.2) is 8.78 Å². The molecule has 1 amide bonds. The summed E-state index contributed by atoms with van der Waals surface area (Å²) in [4.78, 5) is 11.7. The Morgan fingerprint density at radius 1 is 1.28 bits per heavy atom. The number of nitrogens with one attached hydrogen (secondary N) is 1. The van der Waals surface area contributed by atoms with Crippen molar-refractivity contribution < 1.29 is 18.3 Å². The van der Waals surface area contributed by atoms with Crippen molar-refractivity contribution in [3.63, 3.8) is 0 Å². The molecule has 0 spiro atoms. The molecule has 100 valence electrons. The molecule has 3 nitrogen and oxygen atoms in total. The van der Waals surface area contributed by atoms with Crippen LogP contribution in [-0.2, 0) is 4.74 Å². The molecule has 0 aromatic heterocycles. The van der Waals surface area contributed by atoms with Crippen molar-refractivity contribution in [2.45, 2.75) is 6.43 Å². The monoisotopic (exact) mass is 385 g/mol. The molecule has 0 fully saturated rings. The van der Waals surface area contributed by atoms with E-state index in [9.17, 15) is 13.6 Å². The highest BCUT2D eigenvalue weighted by molar-refractivity contribution is 9.11. The number of carbonyl (C=O) groups excluding carboxylic acids is 1. The summed E-state index contributed by atoms with van der Waals surface area (Å²) in [5, 5.41) is 2.58. The molecule has 1 aromatic rings. The molecule has 18 heavy (non-hydrogen) atoms. The second-order valence-electron chi connectivity index (χ2n) is 3.38. The van der Waals surface area contributed by atoms with E-state index >= 15 is 0 Å². The first kappa shape index (κ1) is 15.5. The average molecular weight is 387 g/mol. The van der Waals surface area contributed by atoms with Gasteiger partial charge in [0.15, 0.2) is 0 Å². The van der Waals surface area contributed by atoms with Crippen molar-refractivity contribution in [3.8, 4) is 0 Å². The van der Waals surface area contributed by atoms with Gasteiger partial charge in [0.05, 0.1) is 6.61 Å². The van der Waals surface area contributed by atoms with E-state index < -0.39 is 13.0 Å². The fourth-order valence-electron chi connectivity index (χ4n) is 1.20. The Balaban J connectivity index is 2.36. The van der Waals surface area contributed by atoms with Crippen LogP contribution in [0.4, 0.5) is 8.78 Å². The van der Waals surface area contributed by atoms with E-state index in [-0.39, 0.29) is 19.1 Å². The first-order valence-corrected chi connectivity index (χ1v) is 6.68. The maximum absolute atomic E-state index is 11.8. The van der Waals surface area contributed by atoms with Gasteiger partial charge in [-0.3, -0.25) is 4.79 Å². The molecular formula is C11H11Br2F2NO2. The van der Waals surface area contributed by atoms with Crippen LogP contribution >= 0.6 is 31.9 Å². The molecular weight excluding hydrogens is 376 g/mol. The average Bonchev–Trinajstić information content (AvgIpc) is 2.26. The van der Waals surface area contributed by atoms with Gasteiger partial charge in [-0.15, -0.1) is 0 Å². The minimum atomic E-state index is -2.48. The van der Waals surface area contributed by atoms with Gasteiger partial charge in [0.2, 0.25) is 0 Å². The molecule has 0 unspecified atom stereocenters. The Morgan fingerprint density at radius 3 is 2.44 bits per heavy atom. The second kappa shape index (κ2) is 7.81. The lowest BCUT2D eigenvalue weighted by atomic mass is 10.2. The molecule has 0 aliphatic carbocycles. The molecule has 0 aliphatic rings.